The summed E-state index contributed by atoms with van der Waals surface area (Å²) in [5, 5.41) is 6.59. The van der Waals surface area contributed by atoms with E-state index in [1.165, 1.54) is 44.5 Å². The highest BCUT2D eigenvalue weighted by Gasteiger charge is 2.58. The van der Waals surface area contributed by atoms with E-state index in [-0.39, 0.29) is 57.1 Å². The van der Waals surface area contributed by atoms with Gasteiger partial charge in [0.2, 0.25) is 16.9 Å². The van der Waals surface area contributed by atoms with Crippen LogP contribution in [0.25, 0.3) is 0 Å². The Morgan fingerprint density at radius 2 is 1.71 bits per heavy atom. The summed E-state index contributed by atoms with van der Waals surface area (Å²) in [5.74, 6) is 1.51. The third kappa shape index (κ3) is 8.54. The van der Waals surface area contributed by atoms with Gasteiger partial charge in [0.1, 0.15) is 6.04 Å². The summed E-state index contributed by atoms with van der Waals surface area (Å²) in [6.45, 7) is 11.8. The van der Waals surface area contributed by atoms with Crippen molar-refractivity contribution in [3.63, 3.8) is 0 Å². The third-order valence-electron chi connectivity index (χ3n) is 10.7. The van der Waals surface area contributed by atoms with Gasteiger partial charge >= 0.3 is 0 Å². The molecule has 3 atom stereocenters. The zero-order valence-electron chi connectivity index (χ0n) is 30.1. The molecule has 0 bridgehead atoms. The summed E-state index contributed by atoms with van der Waals surface area (Å²) >= 11 is 20.6. The van der Waals surface area contributed by atoms with Crippen molar-refractivity contribution in [2.45, 2.75) is 100 Å². The number of methoxy groups -OCH3 is 1. The standard InChI is InChI=1S/C34H49Cl3N8O3.3H2O/c1-6-26-30(47)42(4)34(37)31(36)40-33(41-32(34)45(26)20(2)3)39-25-14-13-24(27(35)28(25)48-5)29(46)38-22-9-11-23(12-10-22)44-17-15-43(16-18-44)19-21-7-8-21;;;/h13-14,20-23,26,31H,6-12,15-19H2,1-5H3,(H,38,46)(H,39,40);3*1H2/t22?,23?,26-,31?,34?;;;/m1.../s1. The van der Waals surface area contributed by atoms with Crippen molar-refractivity contribution in [1.82, 2.24) is 24.9 Å². The molecule has 0 radical (unpaired) electrons. The molecule has 51 heavy (non-hydrogen) atoms. The van der Waals surface area contributed by atoms with Crippen LogP contribution in [-0.2, 0) is 4.79 Å². The second-order valence-corrected chi connectivity index (χ2v) is 15.5. The summed E-state index contributed by atoms with van der Waals surface area (Å²) in [7, 11) is 3.13. The first kappa shape index (κ1) is 43.0. The predicted octanol–water partition coefficient (Wildman–Crippen LogP) is 2.58. The number of rotatable bonds is 9. The molecule has 0 aromatic heterocycles. The number of ether oxygens (including phenoxy) is 1. The van der Waals surface area contributed by atoms with Crippen LogP contribution < -0.4 is 15.4 Å². The zero-order valence-corrected chi connectivity index (χ0v) is 32.4. The molecule has 288 valence electrons. The highest BCUT2D eigenvalue weighted by molar-refractivity contribution is 6.44. The maximum Gasteiger partial charge on any atom is 0.253 e. The second kappa shape index (κ2) is 17.6. The smallest absolute Gasteiger partial charge is 0.253 e. The number of hydrogen-bond acceptors (Lipinski definition) is 9. The predicted molar refractivity (Wildman–Crippen MR) is 204 cm³/mol. The maximum atomic E-state index is 13.5. The Morgan fingerprint density at radius 1 is 1.06 bits per heavy atom. The number of amidine groups is 1. The van der Waals surface area contributed by atoms with Gasteiger partial charge in [-0.2, -0.15) is 4.99 Å². The van der Waals surface area contributed by atoms with Crippen LogP contribution in [0.2, 0.25) is 5.02 Å². The molecule has 6 rings (SSSR count). The van der Waals surface area contributed by atoms with Crippen LogP contribution in [0.4, 0.5) is 5.69 Å². The number of nitrogens with one attached hydrogen (secondary N) is 2. The lowest BCUT2D eigenvalue weighted by atomic mass is 9.89. The fraction of sp³-hybridized carbons (Fsp3) is 0.706. The lowest BCUT2D eigenvalue weighted by Crippen LogP contribution is -2.73. The maximum absolute atomic E-state index is 13.5. The van der Waals surface area contributed by atoms with E-state index in [4.69, 9.17) is 44.5 Å². The number of carbonyl (C=O) groups is 2. The Labute approximate surface area is 315 Å². The number of likely N-dealkylation sites (N-methyl/N-ethyl adjacent to an activating group) is 1. The van der Waals surface area contributed by atoms with Crippen LogP contribution in [0.5, 0.6) is 5.75 Å². The molecule has 8 N–H and O–H groups in total. The first-order valence-corrected chi connectivity index (χ1v) is 18.6. The topological polar surface area (TPSA) is 200 Å². The Hall–Kier alpha value is -2.43. The summed E-state index contributed by atoms with van der Waals surface area (Å²) < 4.78 is 5.68. The molecule has 1 aromatic carbocycles. The monoisotopic (exact) mass is 776 g/mol. The molecule has 17 heteroatoms. The molecule has 0 spiro atoms. The molecule has 2 saturated carbocycles. The number of amides is 2. The van der Waals surface area contributed by atoms with Crippen molar-refractivity contribution in [1.29, 1.82) is 0 Å². The lowest BCUT2D eigenvalue weighted by Gasteiger charge is -2.53. The molecule has 3 heterocycles. The van der Waals surface area contributed by atoms with Crippen LogP contribution in [0.1, 0.15) is 76.1 Å². The molecule has 2 unspecified atom stereocenters. The van der Waals surface area contributed by atoms with Crippen LogP contribution in [0.3, 0.4) is 0 Å². The number of fused-ring (bicyclic) bond motifs is 1. The van der Waals surface area contributed by atoms with Crippen molar-refractivity contribution in [2.75, 3.05) is 52.2 Å². The Bertz CT molecular complexity index is 1450. The van der Waals surface area contributed by atoms with Gasteiger partial charge in [-0.25, -0.2) is 4.99 Å². The van der Waals surface area contributed by atoms with Gasteiger partial charge in [0.25, 0.3) is 5.91 Å². The van der Waals surface area contributed by atoms with E-state index in [9.17, 15) is 9.59 Å². The second-order valence-electron chi connectivity index (χ2n) is 14.1. The average molecular weight is 778 g/mol. The number of nitrogens with zero attached hydrogens (tertiary/aromatic N) is 6. The van der Waals surface area contributed by atoms with E-state index in [0.29, 0.717) is 29.5 Å². The zero-order chi connectivity index (χ0) is 34.3. The largest absolute Gasteiger partial charge is 0.493 e. The van der Waals surface area contributed by atoms with E-state index in [1.807, 2.05) is 25.7 Å². The molecular formula is C34H55Cl3N8O6. The number of carbonyl (C=O) groups excluding carboxylic acids is 2. The van der Waals surface area contributed by atoms with Crippen molar-refractivity contribution in [2.24, 2.45) is 15.9 Å². The first-order valence-electron chi connectivity index (χ1n) is 17.4. The van der Waals surface area contributed by atoms with Crippen LogP contribution in [0.15, 0.2) is 22.1 Å². The lowest BCUT2D eigenvalue weighted by molar-refractivity contribution is -0.140. The van der Waals surface area contributed by atoms with E-state index >= 15 is 0 Å². The minimum absolute atomic E-state index is 0. The van der Waals surface area contributed by atoms with Crippen LogP contribution in [0, 0.1) is 5.92 Å². The Kier molecular flexibility index (Phi) is 14.8. The van der Waals surface area contributed by atoms with Crippen molar-refractivity contribution >= 4 is 64.1 Å². The minimum atomic E-state index is -1.45. The van der Waals surface area contributed by atoms with Gasteiger partial charge in [-0.05, 0) is 76.8 Å². The number of alkyl halides is 2. The van der Waals surface area contributed by atoms with Crippen molar-refractivity contribution < 1.29 is 30.8 Å². The summed E-state index contributed by atoms with van der Waals surface area (Å²) in [6, 6.07) is 3.58. The first-order chi connectivity index (χ1) is 23.0. The molecular weight excluding hydrogens is 723 g/mol. The van der Waals surface area contributed by atoms with Gasteiger partial charge < -0.3 is 46.5 Å². The third-order valence-corrected chi connectivity index (χ3v) is 12.2. The number of benzene rings is 1. The Morgan fingerprint density at radius 3 is 2.27 bits per heavy atom. The quantitative estimate of drug-likeness (QED) is 0.284. The van der Waals surface area contributed by atoms with Crippen LogP contribution >= 0.6 is 34.8 Å². The van der Waals surface area contributed by atoms with E-state index in [1.54, 1.807) is 19.2 Å². The normalized spacial score (nSPS) is 28.4. The van der Waals surface area contributed by atoms with Crippen molar-refractivity contribution in [3.8, 4) is 5.75 Å². The summed E-state index contributed by atoms with van der Waals surface area (Å²) in [6.07, 6.45) is 7.45. The molecule has 4 fully saturated rings. The highest BCUT2D eigenvalue weighted by atomic mass is 35.5. The SMILES string of the molecule is CC[C@@H]1C(=O)N(C)C2(Cl)C(=NC(Nc3ccc(C(=O)NC4CCC(N5CCN(CC6CC6)CC5)CC4)c(Cl)c3OC)=NC2Cl)N1C(C)C.O.O.O. The van der Waals surface area contributed by atoms with Gasteiger partial charge in [0.05, 0.1) is 23.4 Å². The number of piperazine rings is 2. The minimum Gasteiger partial charge on any atom is -0.493 e. The van der Waals surface area contributed by atoms with Gasteiger partial charge in [-0.1, -0.05) is 41.7 Å². The summed E-state index contributed by atoms with van der Waals surface area (Å²) in [4.78, 5) is 43.2. The fourth-order valence-corrected chi connectivity index (χ4v) is 8.65. The molecule has 14 nitrogen and oxygen atoms in total. The Balaban J connectivity index is 0.00000234. The van der Waals surface area contributed by atoms with Gasteiger partial charge in [-0.3, -0.25) is 14.5 Å². The van der Waals surface area contributed by atoms with Crippen molar-refractivity contribution in [3.05, 3.63) is 22.7 Å². The molecule has 2 amide bonds. The van der Waals surface area contributed by atoms with Gasteiger partial charge in [-0.15, -0.1) is 0 Å². The number of anilines is 1. The van der Waals surface area contributed by atoms with Crippen LogP contribution in [-0.4, -0.2) is 141 Å². The van der Waals surface area contributed by atoms with E-state index in [0.717, 1.165) is 44.7 Å². The molecule has 2 saturated heterocycles. The van der Waals surface area contributed by atoms with E-state index < -0.39 is 16.5 Å². The van der Waals surface area contributed by atoms with Gasteiger partial charge in [0.15, 0.2) is 17.1 Å². The number of halogens is 3. The number of guanidine groups is 1. The molecule has 2 aliphatic carbocycles. The highest BCUT2D eigenvalue weighted by Crippen LogP contribution is 2.42. The van der Waals surface area contributed by atoms with E-state index in [2.05, 4.69) is 25.4 Å². The summed E-state index contributed by atoms with van der Waals surface area (Å²) in [5.41, 5.74) is -0.223. The van der Waals surface area contributed by atoms with Gasteiger partial charge in [0, 0.05) is 57.9 Å². The average Bonchev–Trinajstić information content (AvgIpc) is 3.89. The fourth-order valence-electron chi connectivity index (χ4n) is 7.72. The molecule has 3 aliphatic heterocycles. The molecule has 1 aromatic rings. The number of aliphatic imine (C=N–C) groups is 2. The number of hydrogen-bond donors (Lipinski definition) is 2. The molecule has 5 aliphatic rings.